The highest BCUT2D eigenvalue weighted by atomic mass is 16.5. The van der Waals surface area contributed by atoms with Gasteiger partial charge in [0.05, 0.1) is 19.3 Å². The second-order valence-corrected chi connectivity index (χ2v) is 6.94. The molecule has 0 spiro atoms. The summed E-state index contributed by atoms with van der Waals surface area (Å²) in [6.07, 6.45) is 2.03. The Morgan fingerprint density at radius 2 is 2.00 bits per heavy atom. The van der Waals surface area contributed by atoms with Crippen molar-refractivity contribution in [3.05, 3.63) is 36.0 Å². The summed E-state index contributed by atoms with van der Waals surface area (Å²) in [6, 6.07) is 8.21. The van der Waals surface area contributed by atoms with Crippen LogP contribution in [-0.2, 0) is 11.8 Å². The van der Waals surface area contributed by atoms with Crippen LogP contribution in [0.2, 0.25) is 0 Å². The first-order chi connectivity index (χ1) is 11.1. The Hall–Kier alpha value is -1.85. The van der Waals surface area contributed by atoms with Crippen molar-refractivity contribution in [3.8, 4) is 0 Å². The zero-order valence-corrected chi connectivity index (χ0v) is 13.7. The summed E-state index contributed by atoms with van der Waals surface area (Å²) >= 11 is 0. The number of carbonyl (C=O) groups is 1. The second-order valence-electron chi connectivity index (χ2n) is 6.94. The van der Waals surface area contributed by atoms with Crippen molar-refractivity contribution >= 4 is 16.8 Å². The Morgan fingerprint density at radius 1 is 1.13 bits per heavy atom. The van der Waals surface area contributed by atoms with Crippen molar-refractivity contribution in [2.24, 2.45) is 13.0 Å². The molecule has 0 radical (unpaired) electrons. The third-order valence-electron chi connectivity index (χ3n) is 5.05. The molecular weight excluding hydrogens is 290 g/mol. The molecule has 2 aliphatic rings. The van der Waals surface area contributed by atoms with Crippen LogP contribution in [0.15, 0.2) is 30.5 Å². The molecule has 0 saturated carbocycles. The van der Waals surface area contributed by atoms with Crippen LogP contribution in [0.5, 0.6) is 0 Å². The Bertz CT molecular complexity index is 739. The SMILES string of the molecule is CN1C[C@@H]2COC[C@H](C1)N(C(=O)c1ccc3ccn(C)c3c1)C2. The normalized spacial score (nSPS) is 25.6. The predicted octanol–water partition coefficient (Wildman–Crippen LogP) is 1.58. The number of hydrogen-bond donors (Lipinski definition) is 0. The van der Waals surface area contributed by atoms with E-state index >= 15 is 0 Å². The molecule has 1 aromatic carbocycles. The highest BCUT2D eigenvalue weighted by Crippen LogP contribution is 2.23. The molecule has 2 aromatic rings. The van der Waals surface area contributed by atoms with E-state index in [4.69, 9.17) is 4.74 Å². The van der Waals surface area contributed by atoms with Crippen molar-refractivity contribution in [1.82, 2.24) is 14.4 Å². The molecule has 0 unspecified atom stereocenters. The molecule has 2 saturated heterocycles. The van der Waals surface area contributed by atoms with E-state index in [1.165, 1.54) is 5.39 Å². The van der Waals surface area contributed by atoms with Gasteiger partial charge in [-0.15, -0.1) is 0 Å². The first-order valence-corrected chi connectivity index (χ1v) is 8.24. The van der Waals surface area contributed by atoms with Crippen LogP contribution in [0.25, 0.3) is 10.9 Å². The van der Waals surface area contributed by atoms with Gasteiger partial charge >= 0.3 is 0 Å². The van der Waals surface area contributed by atoms with Crippen molar-refractivity contribution in [2.45, 2.75) is 6.04 Å². The highest BCUT2D eigenvalue weighted by Gasteiger charge is 2.35. The van der Waals surface area contributed by atoms with E-state index < -0.39 is 0 Å². The van der Waals surface area contributed by atoms with E-state index in [1.54, 1.807) is 0 Å². The molecule has 1 amide bonds. The predicted molar refractivity (Wildman–Crippen MR) is 89.5 cm³/mol. The summed E-state index contributed by atoms with van der Waals surface area (Å²) in [6.45, 7) is 4.06. The molecule has 5 heteroatoms. The maximum atomic E-state index is 13.1. The van der Waals surface area contributed by atoms with Crippen LogP contribution in [0.4, 0.5) is 0 Å². The van der Waals surface area contributed by atoms with Gasteiger partial charge in [-0.1, -0.05) is 6.07 Å². The molecule has 1 aromatic heterocycles. The van der Waals surface area contributed by atoms with Gasteiger partial charge in [0.2, 0.25) is 0 Å². The van der Waals surface area contributed by atoms with E-state index in [9.17, 15) is 4.79 Å². The molecule has 2 atom stereocenters. The molecule has 2 fully saturated rings. The number of ether oxygens (including phenoxy) is 1. The number of aromatic nitrogens is 1. The number of aryl methyl sites for hydroxylation is 1. The van der Waals surface area contributed by atoms with E-state index in [1.807, 2.05) is 36.3 Å². The van der Waals surface area contributed by atoms with Crippen molar-refractivity contribution in [2.75, 3.05) is 39.9 Å². The Kier molecular flexibility index (Phi) is 3.62. The quantitative estimate of drug-likeness (QED) is 0.802. The Morgan fingerprint density at radius 3 is 2.87 bits per heavy atom. The number of carbonyl (C=O) groups excluding carboxylic acids is 1. The zero-order valence-electron chi connectivity index (χ0n) is 13.7. The summed E-state index contributed by atoms with van der Waals surface area (Å²) in [5.74, 6) is 0.527. The second kappa shape index (κ2) is 5.65. The molecule has 0 N–H and O–H groups in total. The number of likely N-dealkylation sites (N-methyl/N-ethyl adjacent to an activating group) is 1. The van der Waals surface area contributed by atoms with Gasteiger partial charge in [-0.25, -0.2) is 0 Å². The number of nitrogens with zero attached hydrogens (tertiary/aromatic N) is 3. The van der Waals surface area contributed by atoms with Gasteiger partial charge in [0.1, 0.15) is 0 Å². The largest absolute Gasteiger partial charge is 0.379 e. The van der Waals surface area contributed by atoms with Gasteiger partial charge in [-0.2, -0.15) is 0 Å². The molecule has 3 heterocycles. The maximum Gasteiger partial charge on any atom is 0.254 e. The Balaban J connectivity index is 1.67. The van der Waals surface area contributed by atoms with Gasteiger partial charge in [0.25, 0.3) is 5.91 Å². The molecule has 23 heavy (non-hydrogen) atoms. The van der Waals surface area contributed by atoms with Gasteiger partial charge in [0.15, 0.2) is 0 Å². The van der Waals surface area contributed by atoms with Crippen LogP contribution in [0.3, 0.4) is 0 Å². The molecule has 5 nitrogen and oxygen atoms in total. The standard InChI is InChI=1S/C18H23N3O2/c1-19-8-13-9-21(16(10-19)12-23-11-13)18(22)15-4-3-14-5-6-20(2)17(14)7-15/h3-7,13,16H,8-12H2,1-2H3/t13-,16-/m0/s1. The van der Waals surface area contributed by atoms with Crippen molar-refractivity contribution in [1.29, 1.82) is 0 Å². The lowest BCUT2D eigenvalue weighted by Gasteiger charge is -2.29. The monoisotopic (exact) mass is 313 g/mol. The first kappa shape index (κ1) is 14.7. The lowest BCUT2D eigenvalue weighted by Crippen LogP contribution is -2.45. The lowest BCUT2D eigenvalue weighted by molar-refractivity contribution is 0.0483. The van der Waals surface area contributed by atoms with Gasteiger partial charge < -0.3 is 19.1 Å². The van der Waals surface area contributed by atoms with Crippen LogP contribution < -0.4 is 0 Å². The maximum absolute atomic E-state index is 13.1. The van der Waals surface area contributed by atoms with Crippen LogP contribution in [0.1, 0.15) is 10.4 Å². The molecular formula is C18H23N3O2. The molecule has 2 aliphatic heterocycles. The molecule has 4 rings (SSSR count). The van der Waals surface area contributed by atoms with E-state index in [2.05, 4.69) is 22.6 Å². The van der Waals surface area contributed by atoms with Crippen molar-refractivity contribution < 1.29 is 9.53 Å². The van der Waals surface area contributed by atoms with Gasteiger partial charge in [-0.3, -0.25) is 4.79 Å². The zero-order chi connectivity index (χ0) is 16.0. The average Bonchev–Trinajstić information content (AvgIpc) is 2.69. The first-order valence-electron chi connectivity index (χ1n) is 8.24. The van der Waals surface area contributed by atoms with Crippen LogP contribution >= 0.6 is 0 Å². The van der Waals surface area contributed by atoms with Gasteiger partial charge in [0, 0.05) is 49.9 Å². The lowest BCUT2D eigenvalue weighted by atomic mass is 10.1. The fraction of sp³-hybridized carbons (Fsp3) is 0.500. The number of amides is 1. The minimum Gasteiger partial charge on any atom is -0.379 e. The summed E-state index contributed by atoms with van der Waals surface area (Å²) in [4.78, 5) is 17.5. The van der Waals surface area contributed by atoms with Gasteiger partial charge in [-0.05, 0) is 30.6 Å². The number of hydrogen-bond acceptors (Lipinski definition) is 3. The third kappa shape index (κ3) is 2.64. The topological polar surface area (TPSA) is 37.7 Å². The molecule has 0 aliphatic carbocycles. The van der Waals surface area contributed by atoms with Crippen molar-refractivity contribution in [3.63, 3.8) is 0 Å². The van der Waals surface area contributed by atoms with E-state index in [0.717, 1.165) is 37.3 Å². The smallest absolute Gasteiger partial charge is 0.254 e. The highest BCUT2D eigenvalue weighted by molar-refractivity contribution is 5.98. The van der Waals surface area contributed by atoms with Crippen LogP contribution in [0, 0.1) is 5.92 Å². The minimum absolute atomic E-state index is 0.129. The summed E-state index contributed by atoms with van der Waals surface area (Å²) in [5.41, 5.74) is 1.87. The van der Waals surface area contributed by atoms with E-state index in [-0.39, 0.29) is 11.9 Å². The fourth-order valence-electron chi connectivity index (χ4n) is 3.89. The number of fused-ring (bicyclic) bond motifs is 4. The number of benzene rings is 1. The molecule has 2 bridgehead atoms. The summed E-state index contributed by atoms with van der Waals surface area (Å²) in [7, 11) is 4.15. The summed E-state index contributed by atoms with van der Waals surface area (Å²) < 4.78 is 7.84. The fourth-order valence-corrected chi connectivity index (χ4v) is 3.89. The van der Waals surface area contributed by atoms with E-state index in [0.29, 0.717) is 12.5 Å². The third-order valence-corrected chi connectivity index (χ3v) is 5.05. The minimum atomic E-state index is 0.129. The average molecular weight is 313 g/mol. The van der Waals surface area contributed by atoms with Crippen LogP contribution in [-0.4, -0.2) is 66.2 Å². The Labute approximate surface area is 136 Å². The summed E-state index contributed by atoms with van der Waals surface area (Å²) in [5, 5.41) is 1.17. The molecule has 122 valence electrons. The number of rotatable bonds is 1.